The number of benzene rings is 1. The molecular weight excluding hydrogens is 372 g/mol. The number of amides is 2. The number of aliphatic carboxylic acids is 1. The number of carbonyl (C=O) groups is 3. The van der Waals surface area contributed by atoms with Crippen molar-refractivity contribution in [3.05, 3.63) is 35.9 Å². The number of thioether (sulfide) groups is 1. The minimum Gasteiger partial charge on any atom is -0.480 e. The summed E-state index contributed by atoms with van der Waals surface area (Å²) in [7, 11) is 0. The molecule has 3 atom stereocenters. The fraction of sp³-hybridized carbons (Fsp3) is 0.500. The Balaban J connectivity index is 1.99. The van der Waals surface area contributed by atoms with Crippen LogP contribution in [0.1, 0.15) is 18.4 Å². The average Bonchev–Trinajstić information content (AvgIpc) is 3.06. The molecule has 9 heteroatoms. The van der Waals surface area contributed by atoms with E-state index >= 15 is 0 Å². The van der Waals surface area contributed by atoms with Gasteiger partial charge in [0.05, 0.1) is 6.10 Å². The lowest BCUT2D eigenvalue weighted by molar-refractivity contribution is -0.149. The van der Waals surface area contributed by atoms with E-state index in [4.69, 9.17) is 4.74 Å². The van der Waals surface area contributed by atoms with Crippen molar-refractivity contribution in [2.45, 2.75) is 37.6 Å². The van der Waals surface area contributed by atoms with Crippen LogP contribution in [0.4, 0.5) is 4.79 Å². The molecule has 1 heterocycles. The van der Waals surface area contributed by atoms with Crippen molar-refractivity contribution in [2.24, 2.45) is 0 Å². The summed E-state index contributed by atoms with van der Waals surface area (Å²) in [5.41, 5.74) is 0.813. The standard InChI is InChI=1S/C18H24N2O6S/c1-27-8-7-14(16(22)20-10-13(21)9-15(20)17(23)24)19-18(25)26-11-12-5-3-2-4-6-12/h2-6,13-15,21H,7-11H2,1H3,(H,19,25)(H,23,24)/t13-,14+,15-/m1/s1. The molecule has 148 valence electrons. The highest BCUT2D eigenvalue weighted by atomic mass is 32.2. The SMILES string of the molecule is CSCC[C@H](NC(=O)OCc1ccccc1)C(=O)N1C[C@H](O)C[C@@H]1C(=O)O. The highest BCUT2D eigenvalue weighted by Crippen LogP contribution is 2.20. The van der Waals surface area contributed by atoms with Crippen LogP contribution in [0.3, 0.4) is 0 Å². The minimum atomic E-state index is -1.17. The van der Waals surface area contributed by atoms with E-state index in [1.807, 2.05) is 36.6 Å². The summed E-state index contributed by atoms with van der Waals surface area (Å²) >= 11 is 1.51. The molecule has 2 rings (SSSR count). The van der Waals surface area contributed by atoms with Crippen LogP contribution < -0.4 is 5.32 Å². The van der Waals surface area contributed by atoms with Crippen LogP contribution in [0.2, 0.25) is 0 Å². The van der Waals surface area contributed by atoms with E-state index in [-0.39, 0.29) is 19.6 Å². The number of rotatable bonds is 8. The van der Waals surface area contributed by atoms with Gasteiger partial charge in [0.2, 0.25) is 5.91 Å². The number of likely N-dealkylation sites (tertiary alicyclic amines) is 1. The second-order valence-electron chi connectivity index (χ2n) is 6.27. The molecule has 27 heavy (non-hydrogen) atoms. The predicted octanol–water partition coefficient (Wildman–Crippen LogP) is 1.08. The molecule has 1 fully saturated rings. The first kappa shape index (κ1) is 21.0. The number of nitrogens with zero attached hydrogens (tertiary/aromatic N) is 1. The van der Waals surface area contributed by atoms with Gasteiger partial charge in [-0.15, -0.1) is 0 Å². The van der Waals surface area contributed by atoms with Gasteiger partial charge < -0.3 is 25.2 Å². The van der Waals surface area contributed by atoms with E-state index in [0.717, 1.165) is 10.5 Å². The number of β-amino-alcohol motifs (C(OH)–C–C–N with tert-alkyl or cyclic N) is 1. The number of alkyl carbamates (subject to hydrolysis) is 1. The number of hydrogen-bond donors (Lipinski definition) is 3. The maximum Gasteiger partial charge on any atom is 0.408 e. The van der Waals surface area contributed by atoms with Gasteiger partial charge in [0.1, 0.15) is 18.7 Å². The van der Waals surface area contributed by atoms with Gasteiger partial charge in [0.15, 0.2) is 0 Å². The highest BCUT2D eigenvalue weighted by molar-refractivity contribution is 7.98. The third kappa shape index (κ3) is 6.14. The van der Waals surface area contributed by atoms with Crippen LogP contribution in [0.5, 0.6) is 0 Å². The maximum absolute atomic E-state index is 12.8. The number of hydrogen-bond acceptors (Lipinski definition) is 6. The number of nitrogens with one attached hydrogen (secondary N) is 1. The molecule has 3 N–H and O–H groups in total. The van der Waals surface area contributed by atoms with Crippen LogP contribution in [0.15, 0.2) is 30.3 Å². The van der Waals surface area contributed by atoms with E-state index in [1.165, 1.54) is 11.8 Å². The smallest absolute Gasteiger partial charge is 0.408 e. The largest absolute Gasteiger partial charge is 0.480 e. The zero-order valence-electron chi connectivity index (χ0n) is 15.0. The summed E-state index contributed by atoms with van der Waals surface area (Å²) in [5.74, 6) is -1.09. The van der Waals surface area contributed by atoms with Gasteiger partial charge in [-0.25, -0.2) is 9.59 Å². The number of carbonyl (C=O) groups excluding carboxylic acids is 2. The van der Waals surface area contributed by atoms with Gasteiger partial charge in [-0.2, -0.15) is 11.8 Å². The fourth-order valence-corrected chi connectivity index (χ4v) is 3.36. The Morgan fingerprint density at radius 1 is 1.33 bits per heavy atom. The molecule has 0 aliphatic carbocycles. The predicted molar refractivity (Wildman–Crippen MR) is 100 cm³/mol. The molecule has 0 unspecified atom stereocenters. The molecule has 0 saturated carbocycles. The lowest BCUT2D eigenvalue weighted by atomic mass is 10.1. The first-order valence-corrected chi connectivity index (χ1v) is 9.99. The summed E-state index contributed by atoms with van der Waals surface area (Å²) < 4.78 is 5.15. The lowest BCUT2D eigenvalue weighted by Gasteiger charge is -2.27. The van der Waals surface area contributed by atoms with Gasteiger partial charge in [-0.3, -0.25) is 4.79 Å². The Bertz CT molecular complexity index is 657. The van der Waals surface area contributed by atoms with E-state index in [1.54, 1.807) is 0 Å². The third-order valence-corrected chi connectivity index (χ3v) is 4.90. The second-order valence-corrected chi connectivity index (χ2v) is 7.26. The van der Waals surface area contributed by atoms with Gasteiger partial charge in [0, 0.05) is 13.0 Å². The molecule has 0 spiro atoms. The Hall–Kier alpha value is -2.26. The van der Waals surface area contributed by atoms with Crippen molar-refractivity contribution in [3.8, 4) is 0 Å². The minimum absolute atomic E-state index is 0.0191. The normalized spacial score (nSPS) is 20.1. The van der Waals surface area contributed by atoms with E-state index < -0.39 is 36.2 Å². The Kier molecular flexibility index (Phi) is 7.93. The van der Waals surface area contributed by atoms with Gasteiger partial charge >= 0.3 is 12.1 Å². The number of ether oxygens (including phenoxy) is 1. The van der Waals surface area contributed by atoms with Gasteiger partial charge in [-0.05, 0) is 24.0 Å². The molecule has 0 aromatic heterocycles. The first-order valence-electron chi connectivity index (χ1n) is 8.60. The number of carboxylic acid groups (broad SMARTS) is 1. The quantitative estimate of drug-likeness (QED) is 0.602. The lowest BCUT2D eigenvalue weighted by Crippen LogP contribution is -2.52. The molecular formula is C18H24N2O6S. The van der Waals surface area contributed by atoms with Crippen LogP contribution in [-0.2, 0) is 20.9 Å². The summed E-state index contributed by atoms with van der Waals surface area (Å²) in [6, 6.07) is 7.13. The van der Waals surface area contributed by atoms with Gasteiger partial charge in [-0.1, -0.05) is 30.3 Å². The van der Waals surface area contributed by atoms with Crippen molar-refractivity contribution in [1.29, 1.82) is 0 Å². The molecule has 0 bridgehead atoms. The third-order valence-electron chi connectivity index (χ3n) is 4.26. The fourth-order valence-electron chi connectivity index (χ4n) is 2.89. The van der Waals surface area contributed by atoms with Crippen LogP contribution in [0, 0.1) is 0 Å². The zero-order chi connectivity index (χ0) is 19.8. The second kappa shape index (κ2) is 10.2. The summed E-state index contributed by atoms with van der Waals surface area (Å²) in [6.07, 6.45) is 0.550. The van der Waals surface area contributed by atoms with E-state index in [9.17, 15) is 24.6 Å². The molecule has 1 aromatic rings. The highest BCUT2D eigenvalue weighted by Gasteiger charge is 2.41. The van der Waals surface area contributed by atoms with Gasteiger partial charge in [0.25, 0.3) is 0 Å². The van der Waals surface area contributed by atoms with Crippen molar-refractivity contribution < 1.29 is 29.3 Å². The Morgan fingerprint density at radius 2 is 2.04 bits per heavy atom. The molecule has 1 aromatic carbocycles. The monoisotopic (exact) mass is 396 g/mol. The van der Waals surface area contributed by atoms with Crippen molar-refractivity contribution >= 4 is 29.7 Å². The molecule has 2 amide bonds. The molecule has 8 nitrogen and oxygen atoms in total. The Morgan fingerprint density at radius 3 is 2.67 bits per heavy atom. The maximum atomic E-state index is 12.8. The van der Waals surface area contributed by atoms with E-state index in [0.29, 0.717) is 12.2 Å². The molecule has 0 radical (unpaired) electrons. The first-order chi connectivity index (χ1) is 12.9. The van der Waals surface area contributed by atoms with Crippen LogP contribution in [0.25, 0.3) is 0 Å². The molecule has 1 aliphatic heterocycles. The molecule has 1 saturated heterocycles. The topological polar surface area (TPSA) is 116 Å². The van der Waals surface area contributed by atoms with Crippen molar-refractivity contribution in [3.63, 3.8) is 0 Å². The number of aliphatic hydroxyl groups is 1. The van der Waals surface area contributed by atoms with Crippen molar-refractivity contribution in [1.82, 2.24) is 10.2 Å². The average molecular weight is 396 g/mol. The number of aliphatic hydroxyl groups excluding tert-OH is 1. The summed E-state index contributed by atoms with van der Waals surface area (Å²) in [5, 5.41) is 21.6. The van der Waals surface area contributed by atoms with Crippen LogP contribution in [-0.4, -0.2) is 69.8 Å². The molecule has 1 aliphatic rings. The van der Waals surface area contributed by atoms with Crippen molar-refractivity contribution in [2.75, 3.05) is 18.6 Å². The van der Waals surface area contributed by atoms with Crippen LogP contribution >= 0.6 is 11.8 Å². The Labute approximate surface area is 161 Å². The zero-order valence-corrected chi connectivity index (χ0v) is 15.9. The summed E-state index contributed by atoms with van der Waals surface area (Å²) in [4.78, 5) is 37.4. The number of carboxylic acids is 1. The summed E-state index contributed by atoms with van der Waals surface area (Å²) in [6.45, 7) is 0.00258. The van der Waals surface area contributed by atoms with E-state index in [2.05, 4.69) is 5.32 Å².